The fraction of sp³-hybridized carbons (Fsp3) is 0.500. The minimum absolute atomic E-state index is 0.0844. The fourth-order valence-electron chi connectivity index (χ4n) is 2.16. The first-order valence-electron chi connectivity index (χ1n) is 7.33. The standard InChI is InChI=1S/C16H24N2O3/c1-4-12(3)18(5-2)16(21)17-14(15(19)20)11-13-9-7-6-8-10-13/h6-10,12,14H,4-5,11H2,1-3H3,(H,17,21)(H,19,20)/t12?,14-/m1/s1. The Kier molecular flexibility index (Phi) is 6.72. The van der Waals surface area contributed by atoms with Gasteiger partial charge in [0.2, 0.25) is 0 Å². The lowest BCUT2D eigenvalue weighted by molar-refractivity contribution is -0.139. The van der Waals surface area contributed by atoms with Gasteiger partial charge in [0.25, 0.3) is 0 Å². The van der Waals surface area contributed by atoms with Crippen LogP contribution in [-0.4, -0.2) is 40.6 Å². The third-order valence-corrected chi connectivity index (χ3v) is 3.60. The van der Waals surface area contributed by atoms with Crippen molar-refractivity contribution in [2.45, 2.75) is 45.7 Å². The van der Waals surface area contributed by atoms with E-state index in [4.69, 9.17) is 0 Å². The molecule has 5 heteroatoms. The van der Waals surface area contributed by atoms with Crippen LogP contribution in [0.4, 0.5) is 4.79 Å². The molecule has 0 radical (unpaired) electrons. The van der Waals surface area contributed by atoms with E-state index < -0.39 is 12.0 Å². The summed E-state index contributed by atoms with van der Waals surface area (Å²) in [6, 6.07) is 8.14. The molecule has 2 amide bonds. The molecule has 1 aromatic carbocycles. The average molecular weight is 292 g/mol. The molecule has 0 fully saturated rings. The van der Waals surface area contributed by atoms with E-state index >= 15 is 0 Å². The molecule has 0 aromatic heterocycles. The molecule has 21 heavy (non-hydrogen) atoms. The Hall–Kier alpha value is -2.04. The molecule has 0 spiro atoms. The summed E-state index contributed by atoms with van der Waals surface area (Å²) in [7, 11) is 0. The highest BCUT2D eigenvalue weighted by Crippen LogP contribution is 2.07. The Morgan fingerprint density at radius 3 is 2.33 bits per heavy atom. The zero-order chi connectivity index (χ0) is 15.8. The summed E-state index contributed by atoms with van der Waals surface area (Å²) in [5, 5.41) is 11.9. The summed E-state index contributed by atoms with van der Waals surface area (Å²) in [5.41, 5.74) is 0.886. The van der Waals surface area contributed by atoms with Crippen molar-refractivity contribution in [3.63, 3.8) is 0 Å². The van der Waals surface area contributed by atoms with Crippen molar-refractivity contribution < 1.29 is 14.7 Å². The Balaban J connectivity index is 2.74. The van der Waals surface area contributed by atoms with Gasteiger partial charge < -0.3 is 15.3 Å². The average Bonchev–Trinajstić information content (AvgIpc) is 2.48. The maximum atomic E-state index is 12.2. The largest absolute Gasteiger partial charge is 0.480 e. The number of carbonyl (C=O) groups is 2. The van der Waals surface area contributed by atoms with Gasteiger partial charge >= 0.3 is 12.0 Å². The Bertz CT molecular complexity index is 462. The number of carboxylic acid groups (broad SMARTS) is 1. The summed E-state index contributed by atoms with van der Waals surface area (Å²) >= 11 is 0. The van der Waals surface area contributed by atoms with Crippen LogP contribution in [0.5, 0.6) is 0 Å². The van der Waals surface area contributed by atoms with E-state index in [-0.39, 0.29) is 18.5 Å². The van der Waals surface area contributed by atoms with Gasteiger partial charge in [0.15, 0.2) is 0 Å². The molecule has 2 N–H and O–H groups in total. The lowest BCUT2D eigenvalue weighted by atomic mass is 10.1. The molecule has 0 aliphatic carbocycles. The molecule has 1 unspecified atom stereocenters. The Morgan fingerprint density at radius 1 is 1.24 bits per heavy atom. The first-order chi connectivity index (χ1) is 9.99. The van der Waals surface area contributed by atoms with Crippen LogP contribution in [0.25, 0.3) is 0 Å². The van der Waals surface area contributed by atoms with E-state index in [9.17, 15) is 14.7 Å². The van der Waals surface area contributed by atoms with Gasteiger partial charge in [-0.25, -0.2) is 9.59 Å². The number of hydrogen-bond acceptors (Lipinski definition) is 2. The summed E-state index contributed by atoms with van der Waals surface area (Å²) in [6.45, 7) is 6.40. The quantitative estimate of drug-likeness (QED) is 0.811. The first-order valence-corrected chi connectivity index (χ1v) is 7.33. The van der Waals surface area contributed by atoms with Crippen LogP contribution >= 0.6 is 0 Å². The molecule has 0 aliphatic rings. The topological polar surface area (TPSA) is 69.6 Å². The van der Waals surface area contributed by atoms with E-state index in [0.29, 0.717) is 6.54 Å². The third-order valence-electron chi connectivity index (χ3n) is 3.60. The van der Waals surface area contributed by atoms with Gasteiger partial charge in [-0.1, -0.05) is 37.3 Å². The number of amides is 2. The van der Waals surface area contributed by atoms with Crippen molar-refractivity contribution in [3.8, 4) is 0 Å². The predicted molar refractivity (Wildman–Crippen MR) is 82.2 cm³/mol. The summed E-state index contributed by atoms with van der Waals surface area (Å²) in [4.78, 5) is 25.2. The molecule has 0 heterocycles. The predicted octanol–water partition coefficient (Wildman–Crippen LogP) is 2.51. The zero-order valence-electron chi connectivity index (χ0n) is 12.9. The van der Waals surface area contributed by atoms with Crippen molar-refractivity contribution in [1.29, 1.82) is 0 Å². The van der Waals surface area contributed by atoms with Gasteiger partial charge in [0, 0.05) is 19.0 Å². The number of carboxylic acids is 1. The highest BCUT2D eigenvalue weighted by Gasteiger charge is 2.24. The smallest absolute Gasteiger partial charge is 0.326 e. The van der Waals surface area contributed by atoms with Crippen molar-refractivity contribution in [3.05, 3.63) is 35.9 Å². The van der Waals surface area contributed by atoms with E-state index in [1.165, 1.54) is 0 Å². The van der Waals surface area contributed by atoms with E-state index in [2.05, 4.69) is 5.32 Å². The Labute approximate surface area is 126 Å². The molecule has 0 saturated carbocycles. The van der Waals surface area contributed by atoms with Crippen LogP contribution in [0.1, 0.15) is 32.8 Å². The third kappa shape index (κ3) is 5.10. The van der Waals surface area contributed by atoms with Crippen LogP contribution in [0.15, 0.2) is 30.3 Å². The van der Waals surface area contributed by atoms with Gasteiger partial charge in [0.05, 0.1) is 0 Å². The number of hydrogen-bond donors (Lipinski definition) is 2. The Morgan fingerprint density at radius 2 is 1.86 bits per heavy atom. The number of benzene rings is 1. The minimum atomic E-state index is -1.02. The molecular formula is C16H24N2O3. The molecule has 0 aliphatic heterocycles. The second kappa shape index (κ2) is 8.29. The number of nitrogens with one attached hydrogen (secondary N) is 1. The van der Waals surface area contributed by atoms with Crippen LogP contribution in [0.3, 0.4) is 0 Å². The molecule has 5 nitrogen and oxygen atoms in total. The number of aliphatic carboxylic acids is 1. The van der Waals surface area contributed by atoms with Crippen LogP contribution in [-0.2, 0) is 11.2 Å². The van der Waals surface area contributed by atoms with Crippen molar-refractivity contribution in [2.75, 3.05) is 6.54 Å². The van der Waals surface area contributed by atoms with E-state index in [0.717, 1.165) is 12.0 Å². The number of rotatable bonds is 7. The summed E-state index contributed by atoms with van der Waals surface area (Å²) < 4.78 is 0. The highest BCUT2D eigenvalue weighted by molar-refractivity contribution is 5.83. The van der Waals surface area contributed by atoms with Gasteiger partial charge in [-0.3, -0.25) is 0 Å². The van der Waals surface area contributed by atoms with Crippen molar-refractivity contribution in [2.24, 2.45) is 0 Å². The number of nitrogens with zero attached hydrogens (tertiary/aromatic N) is 1. The lowest BCUT2D eigenvalue weighted by Gasteiger charge is -2.29. The van der Waals surface area contributed by atoms with Crippen LogP contribution in [0.2, 0.25) is 0 Å². The molecule has 0 bridgehead atoms. The molecule has 1 aromatic rings. The maximum Gasteiger partial charge on any atom is 0.326 e. The first kappa shape index (κ1) is 17.0. The zero-order valence-corrected chi connectivity index (χ0v) is 12.9. The molecule has 1 rings (SSSR count). The second-order valence-electron chi connectivity index (χ2n) is 5.07. The summed E-state index contributed by atoms with van der Waals surface area (Å²) in [6.07, 6.45) is 1.11. The summed E-state index contributed by atoms with van der Waals surface area (Å²) in [5.74, 6) is -1.02. The van der Waals surface area contributed by atoms with Gasteiger partial charge in [-0.15, -0.1) is 0 Å². The SMILES string of the molecule is CCC(C)N(CC)C(=O)N[C@H](Cc1ccccc1)C(=O)O. The molecular weight excluding hydrogens is 268 g/mol. The van der Waals surface area contributed by atoms with Crippen LogP contribution in [0, 0.1) is 0 Å². The molecule has 0 saturated heterocycles. The normalized spacial score (nSPS) is 13.3. The van der Waals surface area contributed by atoms with Crippen LogP contribution < -0.4 is 5.32 Å². The van der Waals surface area contributed by atoms with E-state index in [1.807, 2.05) is 51.1 Å². The number of urea groups is 1. The monoisotopic (exact) mass is 292 g/mol. The minimum Gasteiger partial charge on any atom is -0.480 e. The van der Waals surface area contributed by atoms with Crippen molar-refractivity contribution in [1.82, 2.24) is 10.2 Å². The fourth-order valence-corrected chi connectivity index (χ4v) is 2.16. The second-order valence-corrected chi connectivity index (χ2v) is 5.07. The number of carbonyl (C=O) groups excluding carboxylic acids is 1. The van der Waals surface area contributed by atoms with Gasteiger partial charge in [0.1, 0.15) is 6.04 Å². The molecule has 2 atom stereocenters. The van der Waals surface area contributed by atoms with Gasteiger partial charge in [-0.05, 0) is 25.8 Å². The van der Waals surface area contributed by atoms with E-state index in [1.54, 1.807) is 4.90 Å². The lowest BCUT2D eigenvalue weighted by Crippen LogP contribution is -2.51. The van der Waals surface area contributed by atoms with Crippen molar-refractivity contribution >= 4 is 12.0 Å². The highest BCUT2D eigenvalue weighted by atomic mass is 16.4. The molecule has 116 valence electrons. The maximum absolute atomic E-state index is 12.2. The van der Waals surface area contributed by atoms with Gasteiger partial charge in [-0.2, -0.15) is 0 Å².